The molecular formula is C19H29N5O4. The Morgan fingerprint density at radius 3 is 2.43 bits per heavy atom. The van der Waals surface area contributed by atoms with Crippen molar-refractivity contribution in [3.05, 3.63) is 37.9 Å². The number of aryl methyl sites for hydroxylation is 2. The Bertz CT molecular complexity index is 968. The quantitative estimate of drug-likeness (QED) is 0.742. The fourth-order valence-corrected chi connectivity index (χ4v) is 3.09. The van der Waals surface area contributed by atoms with E-state index in [9.17, 15) is 14.4 Å². The Labute approximate surface area is 163 Å². The van der Waals surface area contributed by atoms with E-state index in [-0.39, 0.29) is 29.9 Å². The van der Waals surface area contributed by atoms with Gasteiger partial charge < -0.3 is 15.2 Å². The fourth-order valence-electron chi connectivity index (χ4n) is 3.09. The molecule has 0 unspecified atom stereocenters. The maximum atomic E-state index is 13.4. The number of aromatic nitrogens is 3. The van der Waals surface area contributed by atoms with Gasteiger partial charge in [-0.05, 0) is 25.2 Å². The van der Waals surface area contributed by atoms with E-state index in [1.54, 1.807) is 6.92 Å². The first-order chi connectivity index (χ1) is 13.1. The maximum absolute atomic E-state index is 13.4. The van der Waals surface area contributed by atoms with E-state index < -0.39 is 17.2 Å². The van der Waals surface area contributed by atoms with E-state index >= 15 is 0 Å². The third kappa shape index (κ3) is 4.18. The first kappa shape index (κ1) is 21.5. The number of carbonyl (C=O) groups is 1. The van der Waals surface area contributed by atoms with Gasteiger partial charge in [0.25, 0.3) is 11.5 Å². The van der Waals surface area contributed by atoms with Crippen molar-refractivity contribution in [2.24, 2.45) is 11.8 Å². The minimum absolute atomic E-state index is 0.0244. The van der Waals surface area contributed by atoms with Gasteiger partial charge in [-0.25, -0.2) is 4.79 Å². The van der Waals surface area contributed by atoms with Crippen LogP contribution in [0.5, 0.6) is 0 Å². The Morgan fingerprint density at radius 1 is 1.25 bits per heavy atom. The van der Waals surface area contributed by atoms with Crippen molar-refractivity contribution in [3.8, 4) is 0 Å². The minimum Gasteiger partial charge on any atom is -0.383 e. The molecule has 0 aliphatic heterocycles. The summed E-state index contributed by atoms with van der Waals surface area (Å²) in [4.78, 5) is 41.9. The van der Waals surface area contributed by atoms with Crippen LogP contribution in [0.25, 0.3) is 0 Å². The van der Waals surface area contributed by atoms with Crippen LogP contribution in [-0.4, -0.2) is 27.2 Å². The number of hydrogen-bond donors (Lipinski definition) is 2. The molecule has 0 aromatic carbocycles. The van der Waals surface area contributed by atoms with Crippen molar-refractivity contribution in [2.75, 3.05) is 17.2 Å². The van der Waals surface area contributed by atoms with Crippen LogP contribution in [-0.2, 0) is 13.0 Å². The summed E-state index contributed by atoms with van der Waals surface area (Å²) in [6.07, 6.45) is 0.507. The molecule has 2 aromatic heterocycles. The molecule has 0 aliphatic rings. The van der Waals surface area contributed by atoms with Gasteiger partial charge in [0.2, 0.25) is 0 Å². The molecule has 9 nitrogen and oxygen atoms in total. The molecule has 0 atom stereocenters. The third-order valence-electron chi connectivity index (χ3n) is 4.31. The second kappa shape index (κ2) is 8.45. The summed E-state index contributed by atoms with van der Waals surface area (Å²) in [6, 6.07) is 0. The van der Waals surface area contributed by atoms with Crippen molar-refractivity contribution in [1.29, 1.82) is 0 Å². The standard InChI is InChI=1S/C19H29N5O4/c1-7-13-14(12(6)28-22-13)18(26)23(8-10(2)3)15-16(20)24(9-11(4)5)19(27)21-17(15)25/h10-11H,7-9,20H2,1-6H3,(H,21,25,27). The average molecular weight is 391 g/mol. The van der Waals surface area contributed by atoms with Crippen molar-refractivity contribution < 1.29 is 9.32 Å². The summed E-state index contributed by atoms with van der Waals surface area (Å²) < 4.78 is 6.48. The van der Waals surface area contributed by atoms with Gasteiger partial charge in [0.1, 0.15) is 17.1 Å². The predicted octanol–water partition coefficient (Wildman–Crippen LogP) is 1.94. The molecule has 154 valence electrons. The predicted molar refractivity (Wildman–Crippen MR) is 108 cm³/mol. The normalized spacial score (nSPS) is 11.4. The van der Waals surface area contributed by atoms with E-state index in [1.807, 2.05) is 34.6 Å². The monoisotopic (exact) mass is 391 g/mol. The SMILES string of the molecule is CCc1noc(C)c1C(=O)N(CC(C)C)c1c(N)n(CC(C)C)c(=O)[nH]c1=O. The number of nitrogens with one attached hydrogen (secondary N) is 1. The summed E-state index contributed by atoms with van der Waals surface area (Å²) in [5, 5.41) is 3.93. The van der Waals surface area contributed by atoms with E-state index in [1.165, 1.54) is 9.47 Å². The number of aromatic amines is 1. The average Bonchev–Trinajstić information content (AvgIpc) is 2.97. The first-order valence-electron chi connectivity index (χ1n) is 9.47. The number of nitrogens with zero attached hydrogens (tertiary/aromatic N) is 3. The second-order valence-electron chi connectivity index (χ2n) is 7.72. The number of rotatable bonds is 7. The smallest absolute Gasteiger partial charge is 0.330 e. The van der Waals surface area contributed by atoms with Gasteiger partial charge >= 0.3 is 5.69 Å². The zero-order valence-corrected chi connectivity index (χ0v) is 17.3. The highest BCUT2D eigenvalue weighted by molar-refractivity contribution is 6.08. The maximum Gasteiger partial charge on any atom is 0.330 e. The molecule has 28 heavy (non-hydrogen) atoms. The number of carbonyl (C=O) groups excluding carboxylic acids is 1. The number of nitrogens with two attached hydrogens (primary N) is 1. The highest BCUT2D eigenvalue weighted by atomic mass is 16.5. The molecule has 0 saturated heterocycles. The zero-order chi connectivity index (χ0) is 21.2. The fraction of sp³-hybridized carbons (Fsp3) is 0.579. The topological polar surface area (TPSA) is 127 Å². The summed E-state index contributed by atoms with van der Waals surface area (Å²) in [7, 11) is 0. The number of hydrogen-bond acceptors (Lipinski definition) is 6. The highest BCUT2D eigenvalue weighted by Crippen LogP contribution is 2.24. The molecule has 0 fully saturated rings. The lowest BCUT2D eigenvalue weighted by Gasteiger charge is -2.26. The molecular weight excluding hydrogens is 362 g/mol. The van der Waals surface area contributed by atoms with E-state index in [4.69, 9.17) is 10.3 Å². The third-order valence-corrected chi connectivity index (χ3v) is 4.31. The Hall–Kier alpha value is -2.84. The van der Waals surface area contributed by atoms with Crippen LogP contribution < -0.4 is 21.9 Å². The van der Waals surface area contributed by atoms with Crippen LogP contribution >= 0.6 is 0 Å². The van der Waals surface area contributed by atoms with Crippen LogP contribution in [0.1, 0.15) is 56.4 Å². The van der Waals surface area contributed by atoms with Crippen molar-refractivity contribution >= 4 is 17.4 Å². The van der Waals surface area contributed by atoms with Crippen molar-refractivity contribution in [2.45, 2.75) is 54.5 Å². The molecule has 2 rings (SSSR count). The van der Waals surface area contributed by atoms with Crippen LogP contribution in [0.3, 0.4) is 0 Å². The zero-order valence-electron chi connectivity index (χ0n) is 17.3. The molecule has 2 heterocycles. The molecule has 0 spiro atoms. The Morgan fingerprint density at radius 2 is 1.89 bits per heavy atom. The van der Waals surface area contributed by atoms with Gasteiger partial charge in [0.05, 0.1) is 5.69 Å². The molecule has 2 aromatic rings. The lowest BCUT2D eigenvalue weighted by molar-refractivity contribution is 0.0981. The summed E-state index contributed by atoms with van der Waals surface area (Å²) in [5.74, 6) is 0.111. The largest absolute Gasteiger partial charge is 0.383 e. The number of nitrogen functional groups attached to an aromatic ring is 1. The number of amides is 1. The van der Waals surface area contributed by atoms with Gasteiger partial charge in [0, 0.05) is 13.1 Å². The Kier molecular flexibility index (Phi) is 6.48. The molecule has 0 radical (unpaired) electrons. The molecule has 0 aliphatic carbocycles. The van der Waals surface area contributed by atoms with Crippen molar-refractivity contribution in [3.63, 3.8) is 0 Å². The van der Waals surface area contributed by atoms with Crippen LogP contribution in [0.15, 0.2) is 14.1 Å². The number of H-pyrrole nitrogens is 1. The van der Waals surface area contributed by atoms with E-state index in [0.717, 1.165) is 0 Å². The molecule has 0 saturated carbocycles. The van der Waals surface area contributed by atoms with E-state index in [0.29, 0.717) is 30.0 Å². The van der Waals surface area contributed by atoms with Crippen molar-refractivity contribution in [1.82, 2.24) is 14.7 Å². The van der Waals surface area contributed by atoms with E-state index in [2.05, 4.69) is 10.1 Å². The highest BCUT2D eigenvalue weighted by Gasteiger charge is 2.30. The molecule has 9 heteroatoms. The van der Waals surface area contributed by atoms with Crippen LogP contribution in [0.4, 0.5) is 11.5 Å². The van der Waals surface area contributed by atoms with Crippen LogP contribution in [0.2, 0.25) is 0 Å². The molecule has 1 amide bonds. The van der Waals surface area contributed by atoms with Gasteiger partial charge in [-0.2, -0.15) is 0 Å². The summed E-state index contributed by atoms with van der Waals surface area (Å²) in [6.45, 7) is 11.8. The van der Waals surface area contributed by atoms with Crippen LogP contribution in [0, 0.1) is 18.8 Å². The van der Waals surface area contributed by atoms with Gasteiger partial charge in [-0.15, -0.1) is 0 Å². The first-order valence-corrected chi connectivity index (χ1v) is 9.47. The second-order valence-corrected chi connectivity index (χ2v) is 7.72. The lowest BCUT2D eigenvalue weighted by Crippen LogP contribution is -2.43. The lowest BCUT2D eigenvalue weighted by atomic mass is 10.1. The number of anilines is 2. The van der Waals surface area contributed by atoms with Gasteiger partial charge in [0.15, 0.2) is 5.69 Å². The summed E-state index contributed by atoms with van der Waals surface area (Å²) >= 11 is 0. The Balaban J connectivity index is 2.70. The van der Waals surface area contributed by atoms with Gasteiger partial charge in [-0.3, -0.25) is 19.1 Å². The summed E-state index contributed by atoms with van der Waals surface area (Å²) in [5.41, 5.74) is 5.75. The van der Waals surface area contributed by atoms with Gasteiger partial charge in [-0.1, -0.05) is 39.8 Å². The minimum atomic E-state index is -0.691. The molecule has 3 N–H and O–H groups in total. The molecule has 0 bridgehead atoms.